The molecule has 2 aromatic carbocycles. The Kier molecular flexibility index (Phi) is 4.53. The summed E-state index contributed by atoms with van der Waals surface area (Å²) in [6.45, 7) is 8.68. The molecule has 4 rings (SSSR count). The summed E-state index contributed by atoms with van der Waals surface area (Å²) in [5.74, 6) is 0.829. The van der Waals surface area contributed by atoms with Gasteiger partial charge in [0.05, 0.1) is 0 Å². The molecule has 0 saturated carbocycles. The third kappa shape index (κ3) is 2.58. The van der Waals surface area contributed by atoms with E-state index in [1.165, 1.54) is 44.5 Å². The molecule has 0 saturated heterocycles. The Labute approximate surface area is 166 Å². The second kappa shape index (κ2) is 6.59. The van der Waals surface area contributed by atoms with Crippen LogP contribution in [0.25, 0.3) is 10.1 Å². The van der Waals surface area contributed by atoms with Crippen LogP contribution in [0, 0.1) is 13.8 Å². The van der Waals surface area contributed by atoms with Crippen molar-refractivity contribution in [2.45, 2.75) is 52.4 Å². The van der Waals surface area contributed by atoms with E-state index >= 15 is 0 Å². The first-order chi connectivity index (χ1) is 12.4. The fourth-order valence-corrected chi connectivity index (χ4v) is 5.59. The average molecular weight is 383 g/mol. The number of halogens is 2. The van der Waals surface area contributed by atoms with E-state index in [-0.39, 0.29) is 0 Å². The Morgan fingerprint density at radius 3 is 1.42 bits per heavy atom. The van der Waals surface area contributed by atoms with Gasteiger partial charge in [-0.15, -0.1) is 0 Å². The van der Waals surface area contributed by atoms with E-state index < -0.39 is 0 Å². The lowest BCUT2D eigenvalue weighted by molar-refractivity contribution is 0.611. The van der Waals surface area contributed by atoms with Crippen LogP contribution in [0.1, 0.15) is 71.9 Å². The van der Waals surface area contributed by atoms with Gasteiger partial charge in [0.1, 0.15) is 0 Å². The fourth-order valence-electron chi connectivity index (χ4n) is 4.81. The molecule has 0 radical (unpaired) electrons. The molecule has 2 unspecified atom stereocenters. The lowest BCUT2D eigenvalue weighted by Gasteiger charge is -2.19. The number of aryl methyl sites for hydroxylation is 2. The smallest absolute Gasteiger partial charge is 0.0479 e. The van der Waals surface area contributed by atoms with Crippen LogP contribution < -0.4 is 0 Å². The quantitative estimate of drug-likeness (QED) is 0.505. The molecular formula is C24H24Cl2. The molecule has 0 aliphatic heterocycles. The Balaban J connectivity index is 1.64. The Hall–Kier alpha value is -1.50. The largest absolute Gasteiger partial charge is 0.0837 e. The summed E-state index contributed by atoms with van der Waals surface area (Å²) >= 11 is 13.4. The van der Waals surface area contributed by atoms with Gasteiger partial charge in [0.2, 0.25) is 0 Å². The van der Waals surface area contributed by atoms with Gasteiger partial charge in [0, 0.05) is 21.9 Å². The van der Waals surface area contributed by atoms with Crippen molar-refractivity contribution in [1.29, 1.82) is 0 Å². The van der Waals surface area contributed by atoms with E-state index in [0.29, 0.717) is 11.8 Å². The fraction of sp³-hybridized carbons (Fsp3) is 0.333. The van der Waals surface area contributed by atoms with Crippen molar-refractivity contribution in [2.24, 2.45) is 0 Å². The van der Waals surface area contributed by atoms with E-state index in [1.54, 1.807) is 0 Å². The minimum Gasteiger partial charge on any atom is -0.0837 e. The molecule has 2 heteroatoms. The number of allylic oxidation sites excluding steroid dienone is 2. The summed E-state index contributed by atoms with van der Waals surface area (Å²) in [6, 6.07) is 13.1. The second-order valence-corrected chi connectivity index (χ2v) is 8.51. The molecule has 134 valence electrons. The summed E-state index contributed by atoms with van der Waals surface area (Å²) in [6.07, 6.45) is 2.19. The highest BCUT2D eigenvalue weighted by Crippen LogP contribution is 2.51. The zero-order valence-corrected chi connectivity index (χ0v) is 17.3. The summed E-state index contributed by atoms with van der Waals surface area (Å²) in [4.78, 5) is 0. The van der Waals surface area contributed by atoms with Gasteiger partial charge in [-0.2, -0.15) is 0 Å². The summed E-state index contributed by atoms with van der Waals surface area (Å²) in [5.41, 5.74) is 10.5. The standard InChI is InChI=1S/C24H24Cl2/c1-13-7-5-9-19-17(15(3)23(25)21(13)19)11-12-18-16(4)24(26)22-14(2)8-6-10-20(18)22/h5-10,17-18H,11-12H2,1-4H3. The van der Waals surface area contributed by atoms with Crippen LogP contribution in [-0.4, -0.2) is 0 Å². The molecule has 0 N–H and O–H groups in total. The molecule has 0 spiro atoms. The Morgan fingerprint density at radius 1 is 0.654 bits per heavy atom. The monoisotopic (exact) mass is 382 g/mol. The van der Waals surface area contributed by atoms with Gasteiger partial charge in [0.15, 0.2) is 0 Å². The number of hydrogen-bond donors (Lipinski definition) is 0. The molecule has 0 nitrogen and oxygen atoms in total. The predicted molar refractivity (Wildman–Crippen MR) is 114 cm³/mol. The molecule has 2 aromatic rings. The maximum atomic E-state index is 6.69. The molecule has 2 aliphatic rings. The molecule has 0 amide bonds. The van der Waals surface area contributed by atoms with Gasteiger partial charge in [-0.1, -0.05) is 59.6 Å². The van der Waals surface area contributed by atoms with Gasteiger partial charge >= 0.3 is 0 Å². The zero-order valence-electron chi connectivity index (χ0n) is 15.8. The number of benzene rings is 2. The van der Waals surface area contributed by atoms with Gasteiger partial charge in [-0.25, -0.2) is 0 Å². The van der Waals surface area contributed by atoms with E-state index in [0.717, 1.165) is 22.9 Å². The van der Waals surface area contributed by atoms with Crippen LogP contribution in [-0.2, 0) is 0 Å². The van der Waals surface area contributed by atoms with Crippen molar-refractivity contribution < 1.29 is 0 Å². The zero-order chi connectivity index (χ0) is 18.6. The first-order valence-electron chi connectivity index (χ1n) is 9.34. The minimum atomic E-state index is 0.415. The summed E-state index contributed by atoms with van der Waals surface area (Å²) in [5, 5.41) is 1.91. The average Bonchev–Trinajstić information content (AvgIpc) is 3.01. The second-order valence-electron chi connectivity index (χ2n) is 7.75. The molecule has 0 aromatic heterocycles. The topological polar surface area (TPSA) is 0 Å². The number of fused-ring (bicyclic) bond motifs is 2. The van der Waals surface area contributed by atoms with E-state index in [9.17, 15) is 0 Å². The lowest BCUT2D eigenvalue weighted by Crippen LogP contribution is -2.03. The van der Waals surface area contributed by atoms with Crippen LogP contribution in [0.2, 0.25) is 0 Å². The maximum absolute atomic E-state index is 6.69. The van der Waals surface area contributed by atoms with Gasteiger partial charge in [-0.05, 0) is 85.1 Å². The van der Waals surface area contributed by atoms with Crippen LogP contribution in [0.3, 0.4) is 0 Å². The molecule has 2 aliphatic carbocycles. The van der Waals surface area contributed by atoms with E-state index in [2.05, 4.69) is 64.1 Å². The highest BCUT2D eigenvalue weighted by atomic mass is 35.5. The van der Waals surface area contributed by atoms with E-state index in [1.807, 2.05) is 0 Å². The lowest BCUT2D eigenvalue weighted by atomic mass is 9.84. The molecule has 26 heavy (non-hydrogen) atoms. The highest BCUT2D eigenvalue weighted by Gasteiger charge is 2.33. The minimum absolute atomic E-state index is 0.415. The van der Waals surface area contributed by atoms with Gasteiger partial charge in [0.25, 0.3) is 0 Å². The van der Waals surface area contributed by atoms with Crippen molar-refractivity contribution >= 4 is 33.3 Å². The third-order valence-electron chi connectivity index (χ3n) is 6.28. The molecule has 0 heterocycles. The normalized spacial score (nSPS) is 21.5. The molecular weight excluding hydrogens is 359 g/mol. The molecule has 0 fully saturated rings. The molecule has 2 atom stereocenters. The van der Waals surface area contributed by atoms with Crippen LogP contribution in [0.4, 0.5) is 0 Å². The van der Waals surface area contributed by atoms with Crippen molar-refractivity contribution in [3.05, 3.63) is 80.9 Å². The van der Waals surface area contributed by atoms with Crippen LogP contribution in [0.15, 0.2) is 47.5 Å². The predicted octanol–water partition coefficient (Wildman–Crippen LogP) is 7.92. The maximum Gasteiger partial charge on any atom is 0.0479 e. The van der Waals surface area contributed by atoms with E-state index in [4.69, 9.17) is 23.2 Å². The third-order valence-corrected chi connectivity index (χ3v) is 7.26. The van der Waals surface area contributed by atoms with Crippen molar-refractivity contribution in [1.82, 2.24) is 0 Å². The molecule has 0 bridgehead atoms. The van der Waals surface area contributed by atoms with Gasteiger partial charge < -0.3 is 0 Å². The first kappa shape index (κ1) is 17.9. The van der Waals surface area contributed by atoms with Crippen molar-refractivity contribution in [3.63, 3.8) is 0 Å². The SMILES string of the molecule is CC1=C(Cl)c2c(C)cccc2C1CCC1C(C)=C(Cl)c2c(C)cccc21. The van der Waals surface area contributed by atoms with Crippen LogP contribution >= 0.6 is 23.2 Å². The first-order valence-corrected chi connectivity index (χ1v) is 10.1. The van der Waals surface area contributed by atoms with Crippen LogP contribution in [0.5, 0.6) is 0 Å². The van der Waals surface area contributed by atoms with Gasteiger partial charge in [-0.3, -0.25) is 0 Å². The Bertz CT molecular complexity index is 883. The van der Waals surface area contributed by atoms with Crippen molar-refractivity contribution in [2.75, 3.05) is 0 Å². The summed E-state index contributed by atoms with van der Waals surface area (Å²) < 4.78 is 0. The highest BCUT2D eigenvalue weighted by molar-refractivity contribution is 6.50. The Morgan fingerprint density at radius 2 is 1.04 bits per heavy atom. The number of rotatable bonds is 3. The number of hydrogen-bond acceptors (Lipinski definition) is 0. The van der Waals surface area contributed by atoms with Crippen molar-refractivity contribution in [3.8, 4) is 0 Å². The summed E-state index contributed by atoms with van der Waals surface area (Å²) in [7, 11) is 0.